The number of nitrogens with zero attached hydrogens (tertiary/aromatic N) is 7. The minimum Gasteiger partial charge on any atom is -0.496 e. The fourth-order valence-corrected chi connectivity index (χ4v) is 21.5. The van der Waals surface area contributed by atoms with Crippen molar-refractivity contribution in [3.8, 4) is 5.75 Å². The predicted molar refractivity (Wildman–Crippen MR) is 492 cm³/mol. The van der Waals surface area contributed by atoms with Gasteiger partial charge in [-0.25, -0.2) is 20.2 Å². The van der Waals surface area contributed by atoms with Crippen molar-refractivity contribution in [2.75, 3.05) is 101 Å². The average molecular weight is 1950 g/mol. The number of carbonyl (C=O) groups excluding carboxylic acids is 19. The number of methoxy groups -OCH3 is 1. The minimum atomic E-state index is -2.46. The van der Waals surface area contributed by atoms with Crippen molar-refractivity contribution in [1.82, 2.24) is 61.5 Å². The molecule has 1 saturated carbocycles. The third-order valence-corrected chi connectivity index (χ3v) is 28.2. The monoisotopic (exact) mass is 1940 g/mol. The number of rotatable bonds is 37. The maximum absolute atomic E-state index is 15.1. The summed E-state index contributed by atoms with van der Waals surface area (Å²) in [7, 11) is 6.50. The third kappa shape index (κ3) is 28.3. The number of para-hydroxylation sites is 1. The number of anilines is 3. The van der Waals surface area contributed by atoms with Crippen LogP contribution in [0.25, 0.3) is 22.1 Å². The Balaban J connectivity index is 0.000000406. The summed E-state index contributed by atoms with van der Waals surface area (Å²) in [5, 5.41) is 51.1. The molecule has 2 bridgehead atoms. The lowest BCUT2D eigenvalue weighted by Crippen LogP contribution is -2.82. The Morgan fingerprint density at radius 1 is 0.781 bits per heavy atom. The Hall–Kier alpha value is -13.1. The van der Waals surface area contributed by atoms with Crippen molar-refractivity contribution >= 4 is 151 Å². The summed E-state index contributed by atoms with van der Waals surface area (Å²) in [6.07, 6.45) is 8.15. The van der Waals surface area contributed by atoms with Gasteiger partial charge in [-0.2, -0.15) is 52.9 Å². The van der Waals surface area contributed by atoms with E-state index in [1.165, 1.54) is 23.9 Å². The zero-order chi connectivity index (χ0) is 102. The summed E-state index contributed by atoms with van der Waals surface area (Å²) in [6, 6.07) is 16.7. The van der Waals surface area contributed by atoms with E-state index in [2.05, 4.69) is 90.0 Å². The number of aromatic nitrogens is 5. The number of guanidine groups is 1. The number of carbonyl (C=O) groups is 9. The van der Waals surface area contributed by atoms with Gasteiger partial charge in [0.2, 0.25) is 17.8 Å². The van der Waals surface area contributed by atoms with E-state index in [0.29, 0.717) is 138 Å². The Morgan fingerprint density at radius 2 is 1.45 bits per heavy atom. The number of nitrogen functional groups attached to an aromatic ring is 1. The topological polar surface area (TPSA) is 672 Å². The number of fused-ring (bicyclic) bond motifs is 7. The third-order valence-electron chi connectivity index (χ3n) is 25.7. The molecule has 46 heteroatoms. The van der Waals surface area contributed by atoms with Gasteiger partial charge in [-0.3, -0.25) is 68.4 Å². The molecule has 6 aliphatic rings. The normalized spacial score (nSPS) is 22.2. The molecule has 1 unspecified atom stereocenters. The van der Waals surface area contributed by atoms with Crippen LogP contribution in [0.4, 0.5) is 22.1 Å². The second-order valence-corrected chi connectivity index (χ2v) is 36.7. The Bertz CT molecular complexity index is 5370. The lowest BCUT2D eigenvalue weighted by molar-refractivity contribution is -0.222. The molecule has 17 N–H and O–H groups in total. The number of nitrogens with two attached hydrogens (primary N) is 3. The number of hydrogen-bond donors (Lipinski definition) is 14. The van der Waals surface area contributed by atoms with Gasteiger partial charge in [-0.05, 0) is 164 Å². The number of ether oxygens (including phenoxy) is 3. The highest BCUT2D eigenvalue weighted by molar-refractivity contribution is 8.76. The second kappa shape index (κ2) is 54.0. The van der Waals surface area contributed by atoms with Gasteiger partial charge in [0.25, 0.3) is 23.8 Å². The maximum atomic E-state index is 15.1. The molecular weight excluding hydrogens is 1830 g/mol. The van der Waals surface area contributed by atoms with Crippen LogP contribution in [-0.2, 0) is 115 Å². The summed E-state index contributed by atoms with van der Waals surface area (Å²) in [5.74, 6) is -1.27. The molecule has 5 aliphatic heterocycles. The summed E-state index contributed by atoms with van der Waals surface area (Å²) in [6.45, 7) is 17.5. The van der Waals surface area contributed by atoms with Gasteiger partial charge in [0.05, 0.1) is 54.7 Å². The van der Waals surface area contributed by atoms with Crippen molar-refractivity contribution in [2.45, 2.75) is 210 Å². The number of H-pyrrole nitrogens is 2. The number of hydrazine groups is 1. The van der Waals surface area contributed by atoms with E-state index in [-0.39, 0.29) is 146 Å². The van der Waals surface area contributed by atoms with Gasteiger partial charge in [-0.15, -0.1) is 0 Å². The van der Waals surface area contributed by atoms with Crippen molar-refractivity contribution in [2.24, 2.45) is 39.6 Å². The van der Waals surface area contributed by atoms with Crippen LogP contribution < -0.4 is 64.5 Å². The molecule has 12 rings (SSSR count). The number of aromatic amines is 2. The molecule has 3 aromatic carbocycles. The van der Waals surface area contributed by atoms with Crippen LogP contribution in [0.15, 0.2) is 76.6 Å². The number of hydrogen-bond acceptors (Lipinski definition) is 37. The van der Waals surface area contributed by atoms with E-state index in [0.717, 1.165) is 70.7 Å². The van der Waals surface area contributed by atoms with E-state index >= 15 is 4.79 Å². The first-order valence-corrected chi connectivity index (χ1v) is 46.9. The molecule has 3 aromatic heterocycles. The van der Waals surface area contributed by atoms with Crippen LogP contribution >= 0.6 is 21.6 Å². The van der Waals surface area contributed by atoms with Crippen LogP contribution in [0.1, 0.15) is 183 Å². The second-order valence-electron chi connectivity index (χ2n) is 34.0. The Kier molecular flexibility index (Phi) is 44.4. The maximum Gasteiger partial charge on any atom is 0.426 e. The molecule has 6 aromatic rings. The molecule has 1 aliphatic carbocycles. The van der Waals surface area contributed by atoms with Crippen molar-refractivity contribution in [1.29, 1.82) is 0 Å². The first kappa shape index (κ1) is 113. The fraction of sp³-hybridized carbons (Fsp3) is 0.549. The highest BCUT2D eigenvalue weighted by Crippen LogP contribution is 2.68. The Labute approximate surface area is 796 Å². The number of piperidine rings is 2. The van der Waals surface area contributed by atoms with Crippen LogP contribution in [0, 0.1) is 23.2 Å². The molecule has 0 radical (unpaired) electrons. The molecule has 4 fully saturated rings. The summed E-state index contributed by atoms with van der Waals surface area (Å²) in [5.41, 5.74) is 21.5. The van der Waals surface area contributed by atoms with Crippen molar-refractivity contribution in [3.05, 3.63) is 111 Å². The largest absolute Gasteiger partial charge is 0.496 e. The first-order valence-electron chi connectivity index (χ1n) is 44.4. The number of ketones is 3. The van der Waals surface area contributed by atoms with Gasteiger partial charge in [0.15, 0.2) is 34.3 Å². The zero-order valence-corrected chi connectivity index (χ0v) is 79.4. The number of aliphatic hydroxyl groups excluding tert-OH is 1. The molecule has 44 nitrogen and oxygen atoms in total. The van der Waals surface area contributed by atoms with Crippen LogP contribution in [0.3, 0.4) is 0 Å². The summed E-state index contributed by atoms with van der Waals surface area (Å²) >= 11 is 0. The summed E-state index contributed by atoms with van der Waals surface area (Å²) < 4.78 is 17.9. The van der Waals surface area contributed by atoms with Crippen LogP contribution in [0.5, 0.6) is 5.75 Å². The predicted octanol–water partition coefficient (Wildman–Crippen LogP) is 2.73. The quantitative estimate of drug-likeness (QED) is 0.00666. The molecule has 5 amide bonds. The fourth-order valence-electron chi connectivity index (χ4n) is 19.6. The number of aliphatic hydroxyl groups is 3. The lowest BCUT2D eigenvalue weighted by atomic mass is 9.46. The van der Waals surface area contributed by atoms with Crippen molar-refractivity contribution < 1.29 is 121 Å². The smallest absolute Gasteiger partial charge is 0.426 e. The van der Waals surface area contributed by atoms with Gasteiger partial charge >= 0.3 is 36.9 Å². The lowest BCUT2D eigenvalue weighted by Gasteiger charge is -2.64. The minimum absolute atomic E-state index is 0.0175. The first-order chi connectivity index (χ1) is 65.4. The zero-order valence-electron chi connectivity index (χ0n) is 77.8. The SMILES string of the molecule is CC(=O)[C@H](CCCN=C(N)N)NC(=O)[C@H](C)CC(=O)CCCNC(=O)c1ccc(NCc2cnc3nc(N)[nH]c(=O)c3n2)cc1.CC[C@@H](C)C(=O)N[C@@H](C)C(=O)CCCSSCCOC(=O)NNC(=O)[C@@]1(O)[C@H](O)[C@]2(CC)CCCN3CC[C@@]4(c5cc([C@@]6(COC=O)C[C@@H]7CN(CCc8c6[nH]c6ccccc86)C[C@](O)(CC)C7)c(OC)cc5N(C)[C@@H]14)[C@@H]32.O=C=O.O=C=O.O=C=O.O=C=O.O=C=O. The number of Topliss-reactive ketones (excluding diaryl/α,β-unsaturated/α-hetero) is 3. The molecule has 14 atom stereocenters. The highest BCUT2D eigenvalue weighted by atomic mass is 33.1. The molecule has 137 heavy (non-hydrogen) atoms. The molecule has 1 spiro atoms. The number of amides is 5. The Morgan fingerprint density at radius 3 is 2.09 bits per heavy atom. The van der Waals surface area contributed by atoms with Gasteiger partial charge in [0, 0.05) is 144 Å². The van der Waals surface area contributed by atoms with Gasteiger partial charge in [-0.1, -0.05) is 74.4 Å². The standard InChI is InChI=1S/C57H81N7O11S2.C29H39N11O5.5CO2/c1-8-35(4)47(67)58-36(5)44(66)17-13-25-76-77-26-24-75-52(70)61-60-51(69)57(72)49-56(20-23-64-21-14-19-54(10-3,48(56)64)50(57)68)40-27-41(45(73-7)28-43(40)62(49)6)55(33-74-34-65)30-37-29-53(71,9-2)32-63(31-37)22-18-39-38-15-11-12-16-42(38)59-46(39)55;1-16(25(43)38-22(17(2)41)6-4-12-34-28(30)31)13-21(42)5-3-11-33-26(44)18-7-9-19(10-8-18)35-14-20-15-36-24-23(37-20)27(45)40-29(32)39-24;5*2-1-3/h11-12,15-16,27-28,34-37,48-50,59,68,71-72H,8-10,13-14,17-26,29-33H2,1-7H3,(H,58,67)(H,60,69)(H,61,70);7-10,15-16,22,35H,3-6,11-14H2,1-2H3,(H,33,44)(H,38,43)(H4,30,31,34)(H3,32,36,39,40,45);;;;;/t35-,36+,37-,48+,49-,50-,53+,54-,55+,56-,57+;16-,22+;;;;;/m11...../s1. The highest BCUT2D eigenvalue weighted by Gasteiger charge is 2.79. The summed E-state index contributed by atoms with van der Waals surface area (Å²) in [4.78, 5) is 238. The molecule has 742 valence electrons. The van der Waals surface area contributed by atoms with Gasteiger partial charge < -0.3 is 77.9 Å². The average Bonchev–Trinajstić information content (AvgIpc) is 1.48. The van der Waals surface area contributed by atoms with Gasteiger partial charge in [0.1, 0.15) is 30.9 Å². The van der Waals surface area contributed by atoms with E-state index in [1.54, 1.807) is 56.0 Å². The van der Waals surface area contributed by atoms with E-state index < -0.39 is 75.2 Å². The molecular formula is C91H120N18O26S2. The van der Waals surface area contributed by atoms with E-state index in [1.807, 2.05) is 57.8 Å². The molecule has 3 saturated heterocycles. The van der Waals surface area contributed by atoms with E-state index in [9.17, 15) is 58.5 Å². The number of aliphatic imine (C=N–C) groups is 1. The van der Waals surface area contributed by atoms with E-state index in [4.69, 9.17) is 79.4 Å². The number of likely N-dealkylation sites (N-methyl/N-ethyl adjacent to an activating group) is 1. The number of benzene rings is 3. The van der Waals surface area contributed by atoms with Crippen LogP contribution in [-0.4, -0.2) is 266 Å². The molecule has 8 heterocycles. The van der Waals surface area contributed by atoms with Crippen molar-refractivity contribution in [3.63, 3.8) is 0 Å². The van der Waals surface area contributed by atoms with Crippen LogP contribution in [0.2, 0.25) is 0 Å². The number of nitrogens with one attached hydrogen (secondary N) is 8.